The Balaban J connectivity index is 2.94. The second-order valence-corrected chi connectivity index (χ2v) is 5.21. The number of benzene rings is 1. The molecule has 0 atom stereocenters. The number of rotatable bonds is 5. The van der Waals surface area contributed by atoms with E-state index in [9.17, 15) is 8.42 Å². The molecule has 0 aliphatic heterocycles. The maximum atomic E-state index is 11.8. The highest BCUT2D eigenvalue weighted by Crippen LogP contribution is 2.10. The fourth-order valence-corrected chi connectivity index (χ4v) is 2.52. The van der Waals surface area contributed by atoms with Gasteiger partial charge in [0.2, 0.25) is 10.0 Å². The average molecular weight is 245 g/mol. The summed E-state index contributed by atoms with van der Waals surface area (Å²) in [6.07, 6.45) is 0. The lowest BCUT2D eigenvalue weighted by atomic mass is 10.2. The van der Waals surface area contributed by atoms with Gasteiger partial charge < -0.3 is 10.2 Å². The first kappa shape index (κ1) is 13.1. The summed E-state index contributed by atoms with van der Waals surface area (Å²) >= 11 is 0. The Hall–Kier alpha value is -0.950. The van der Waals surface area contributed by atoms with Crippen LogP contribution in [0.25, 0.3) is 0 Å². The summed E-state index contributed by atoms with van der Waals surface area (Å²) in [4.78, 5) is 0.124. The van der Waals surface area contributed by atoms with Gasteiger partial charge in [-0.2, -0.15) is 0 Å². The van der Waals surface area contributed by atoms with Crippen molar-refractivity contribution in [3.05, 3.63) is 29.8 Å². The van der Waals surface area contributed by atoms with Crippen LogP contribution in [0.2, 0.25) is 0 Å². The number of hydrogen-bond acceptors (Lipinski definition) is 4. The second-order valence-electron chi connectivity index (χ2n) is 3.50. The highest BCUT2D eigenvalue weighted by molar-refractivity contribution is 7.89. The first-order chi connectivity index (χ1) is 7.49. The number of hydrogen-bond donors (Lipinski definition) is 3. The van der Waals surface area contributed by atoms with Gasteiger partial charge in [0.25, 0.3) is 0 Å². The smallest absolute Gasteiger partial charge is 0.240 e. The molecule has 6 heteroatoms. The summed E-state index contributed by atoms with van der Waals surface area (Å²) in [5, 5.41) is 17.6. The number of sulfonamides is 1. The van der Waals surface area contributed by atoms with Crippen LogP contribution in [0.4, 0.5) is 0 Å². The van der Waals surface area contributed by atoms with Crippen molar-refractivity contribution in [3.63, 3.8) is 0 Å². The monoisotopic (exact) mass is 245 g/mol. The highest BCUT2D eigenvalue weighted by atomic mass is 32.2. The van der Waals surface area contributed by atoms with Gasteiger partial charge >= 0.3 is 0 Å². The standard InChI is InChI=1S/C10H15NO4S/c1-8-3-2-4-10(5-8)16(14,15)11-9(6-12)7-13/h2-5,9,11-13H,6-7H2,1H3. The minimum absolute atomic E-state index is 0.124. The van der Waals surface area contributed by atoms with Gasteiger partial charge in [-0.05, 0) is 24.6 Å². The molecule has 0 spiro atoms. The molecule has 0 aliphatic rings. The molecule has 90 valence electrons. The molecule has 16 heavy (non-hydrogen) atoms. The molecule has 0 fully saturated rings. The van der Waals surface area contributed by atoms with E-state index in [0.717, 1.165) is 5.56 Å². The minimum Gasteiger partial charge on any atom is -0.395 e. The van der Waals surface area contributed by atoms with Crippen LogP contribution in [0.3, 0.4) is 0 Å². The van der Waals surface area contributed by atoms with Crippen LogP contribution in [-0.4, -0.2) is 37.9 Å². The predicted molar refractivity (Wildman–Crippen MR) is 59.5 cm³/mol. The van der Waals surface area contributed by atoms with Gasteiger partial charge in [0.15, 0.2) is 0 Å². The van der Waals surface area contributed by atoms with Gasteiger partial charge in [0.05, 0.1) is 24.2 Å². The summed E-state index contributed by atoms with van der Waals surface area (Å²) in [5.41, 5.74) is 0.826. The van der Waals surface area contributed by atoms with Crippen LogP contribution in [0.5, 0.6) is 0 Å². The summed E-state index contributed by atoms with van der Waals surface area (Å²) in [5.74, 6) is 0. The van der Waals surface area contributed by atoms with Crippen LogP contribution in [0, 0.1) is 6.92 Å². The highest BCUT2D eigenvalue weighted by Gasteiger charge is 2.18. The number of nitrogens with one attached hydrogen (secondary N) is 1. The lowest BCUT2D eigenvalue weighted by molar-refractivity contribution is 0.185. The zero-order valence-electron chi connectivity index (χ0n) is 8.92. The minimum atomic E-state index is -3.68. The van der Waals surface area contributed by atoms with Gasteiger partial charge in [0.1, 0.15) is 0 Å². The van der Waals surface area contributed by atoms with Crippen LogP contribution < -0.4 is 4.72 Å². The molecule has 0 radical (unpaired) electrons. The summed E-state index contributed by atoms with van der Waals surface area (Å²) in [6, 6.07) is 5.53. The van der Waals surface area contributed by atoms with E-state index in [1.54, 1.807) is 19.1 Å². The van der Waals surface area contributed by atoms with E-state index in [1.807, 2.05) is 0 Å². The van der Waals surface area contributed by atoms with Gasteiger partial charge in [-0.3, -0.25) is 0 Å². The third-order valence-corrected chi connectivity index (χ3v) is 3.58. The van der Waals surface area contributed by atoms with Crippen molar-refractivity contribution in [1.82, 2.24) is 4.72 Å². The molecule has 0 aromatic heterocycles. The van der Waals surface area contributed by atoms with Gasteiger partial charge in [-0.1, -0.05) is 12.1 Å². The summed E-state index contributed by atoms with van der Waals surface area (Å²) in [6.45, 7) is 0.900. The fourth-order valence-electron chi connectivity index (χ4n) is 1.20. The van der Waals surface area contributed by atoms with Crippen molar-refractivity contribution in [3.8, 4) is 0 Å². The number of aliphatic hydroxyl groups is 2. The number of aliphatic hydroxyl groups excluding tert-OH is 2. The van der Waals surface area contributed by atoms with E-state index in [2.05, 4.69) is 4.72 Å². The molecule has 1 aromatic carbocycles. The second kappa shape index (κ2) is 5.40. The maximum absolute atomic E-state index is 11.8. The predicted octanol–water partition coefficient (Wildman–Crippen LogP) is -0.373. The Kier molecular flexibility index (Phi) is 4.43. The quantitative estimate of drug-likeness (QED) is 0.660. The van der Waals surface area contributed by atoms with Crippen LogP contribution >= 0.6 is 0 Å². The molecule has 0 unspecified atom stereocenters. The van der Waals surface area contributed by atoms with Crippen LogP contribution in [0.1, 0.15) is 5.56 Å². The molecule has 1 rings (SSSR count). The van der Waals surface area contributed by atoms with Crippen molar-refractivity contribution in [1.29, 1.82) is 0 Å². The molecular formula is C10H15NO4S. The first-order valence-electron chi connectivity index (χ1n) is 4.80. The van der Waals surface area contributed by atoms with E-state index in [0.29, 0.717) is 0 Å². The maximum Gasteiger partial charge on any atom is 0.240 e. The van der Waals surface area contributed by atoms with Gasteiger partial charge in [0, 0.05) is 0 Å². The van der Waals surface area contributed by atoms with E-state index in [1.165, 1.54) is 12.1 Å². The fraction of sp³-hybridized carbons (Fsp3) is 0.400. The molecule has 1 aromatic rings. The van der Waals surface area contributed by atoms with Crippen molar-refractivity contribution in [2.75, 3.05) is 13.2 Å². The third kappa shape index (κ3) is 3.28. The van der Waals surface area contributed by atoms with E-state index < -0.39 is 29.3 Å². The van der Waals surface area contributed by atoms with Gasteiger partial charge in [-0.25, -0.2) is 13.1 Å². The van der Waals surface area contributed by atoms with Crippen LogP contribution in [-0.2, 0) is 10.0 Å². The molecule has 0 amide bonds. The SMILES string of the molecule is Cc1cccc(S(=O)(=O)NC(CO)CO)c1. The molecular weight excluding hydrogens is 230 g/mol. The largest absolute Gasteiger partial charge is 0.395 e. The Labute approximate surface area is 94.8 Å². The third-order valence-electron chi connectivity index (χ3n) is 2.06. The number of aryl methyl sites for hydroxylation is 1. The topological polar surface area (TPSA) is 86.6 Å². The molecule has 5 nitrogen and oxygen atoms in total. The molecule has 0 bridgehead atoms. The normalized spacial score (nSPS) is 12.0. The zero-order valence-corrected chi connectivity index (χ0v) is 9.74. The van der Waals surface area contributed by atoms with Crippen molar-refractivity contribution in [2.45, 2.75) is 17.9 Å². The Morgan fingerprint density at radius 1 is 1.31 bits per heavy atom. The Morgan fingerprint density at radius 3 is 2.44 bits per heavy atom. The van der Waals surface area contributed by atoms with E-state index >= 15 is 0 Å². The lowest BCUT2D eigenvalue weighted by Crippen LogP contribution is -2.39. The molecule has 0 heterocycles. The average Bonchev–Trinajstić information content (AvgIpc) is 2.26. The van der Waals surface area contributed by atoms with Crippen LogP contribution in [0.15, 0.2) is 29.2 Å². The molecule has 0 aliphatic carbocycles. The molecule has 3 N–H and O–H groups in total. The van der Waals surface area contributed by atoms with Crippen molar-refractivity contribution >= 4 is 10.0 Å². The van der Waals surface area contributed by atoms with Crippen molar-refractivity contribution < 1.29 is 18.6 Å². The van der Waals surface area contributed by atoms with Crippen molar-refractivity contribution in [2.24, 2.45) is 0 Å². The zero-order chi connectivity index (χ0) is 12.2. The Bertz CT molecular complexity index is 440. The van der Waals surface area contributed by atoms with E-state index in [4.69, 9.17) is 10.2 Å². The summed E-state index contributed by atoms with van der Waals surface area (Å²) in [7, 11) is -3.68. The lowest BCUT2D eigenvalue weighted by Gasteiger charge is -2.13. The molecule has 0 saturated carbocycles. The Morgan fingerprint density at radius 2 is 1.94 bits per heavy atom. The molecule has 0 saturated heterocycles. The summed E-state index contributed by atoms with van der Waals surface area (Å²) < 4.78 is 25.8. The van der Waals surface area contributed by atoms with E-state index in [-0.39, 0.29) is 4.90 Å². The first-order valence-corrected chi connectivity index (χ1v) is 6.28. The van der Waals surface area contributed by atoms with Gasteiger partial charge in [-0.15, -0.1) is 0 Å².